The highest BCUT2D eigenvalue weighted by molar-refractivity contribution is 7.99. The number of aryl methyl sites for hydroxylation is 1. The first-order valence-corrected chi connectivity index (χ1v) is 12.5. The number of para-hydroxylation sites is 2. The summed E-state index contributed by atoms with van der Waals surface area (Å²) in [4.78, 5) is 18.1. The molecule has 4 rings (SSSR count). The van der Waals surface area contributed by atoms with Crippen molar-refractivity contribution in [1.29, 1.82) is 0 Å². The maximum absolute atomic E-state index is 12.4. The molecular weight excluding hydrogens is 468 g/mol. The third-order valence-corrected chi connectivity index (χ3v) is 6.97. The Kier molecular flexibility index (Phi) is 7.76. The minimum Gasteiger partial charge on any atom is -0.497 e. The van der Waals surface area contributed by atoms with Gasteiger partial charge in [0.15, 0.2) is 0 Å². The van der Waals surface area contributed by atoms with Gasteiger partial charge in [-0.2, -0.15) is 0 Å². The number of rotatable bonds is 9. The van der Waals surface area contributed by atoms with Crippen molar-refractivity contribution in [1.82, 2.24) is 15.2 Å². The number of nitrogens with one attached hydrogen (secondary N) is 1. The molecule has 0 saturated carbocycles. The zero-order valence-corrected chi connectivity index (χ0v) is 20.7. The van der Waals surface area contributed by atoms with E-state index in [2.05, 4.69) is 15.5 Å². The van der Waals surface area contributed by atoms with E-state index in [1.54, 1.807) is 18.4 Å². The Morgan fingerprint density at radius 1 is 1.06 bits per heavy atom. The van der Waals surface area contributed by atoms with Crippen molar-refractivity contribution in [3.05, 3.63) is 66.4 Å². The minimum absolute atomic E-state index is 0.134. The number of carbonyl (C=O) groups is 1. The summed E-state index contributed by atoms with van der Waals surface area (Å²) < 4.78 is 10.8. The van der Waals surface area contributed by atoms with Crippen molar-refractivity contribution in [2.45, 2.75) is 18.9 Å². The fourth-order valence-corrected chi connectivity index (χ4v) is 4.84. The van der Waals surface area contributed by atoms with E-state index in [4.69, 9.17) is 14.5 Å². The van der Waals surface area contributed by atoms with Crippen LogP contribution in [0, 0.1) is 6.92 Å². The van der Waals surface area contributed by atoms with Crippen LogP contribution in [0.15, 0.2) is 65.7 Å². The maximum Gasteiger partial charge on any atom is 0.234 e. The third kappa shape index (κ3) is 5.73. The molecule has 0 aliphatic carbocycles. The Morgan fingerprint density at radius 3 is 2.56 bits per heavy atom. The van der Waals surface area contributed by atoms with E-state index >= 15 is 0 Å². The Morgan fingerprint density at radius 2 is 1.85 bits per heavy atom. The van der Waals surface area contributed by atoms with E-state index < -0.39 is 0 Å². The van der Waals surface area contributed by atoms with Crippen LogP contribution in [0.3, 0.4) is 0 Å². The molecule has 4 aromatic rings. The number of amides is 1. The standard InChI is InChI=1S/C25H24N4O3S2/c1-4-32-21-8-6-5-7-19(21)27-22(30)15-33-23-14-13-20(28-29-23)24-16(2)26-25(34-24)17-9-11-18(31-3)12-10-17/h5-14H,4,15H2,1-3H3,(H,27,30). The molecule has 1 amide bonds. The summed E-state index contributed by atoms with van der Waals surface area (Å²) >= 11 is 2.90. The van der Waals surface area contributed by atoms with Gasteiger partial charge in [0.2, 0.25) is 5.91 Å². The van der Waals surface area contributed by atoms with Crippen molar-refractivity contribution >= 4 is 34.7 Å². The smallest absolute Gasteiger partial charge is 0.234 e. The summed E-state index contributed by atoms with van der Waals surface area (Å²) in [5, 5.41) is 13.1. The molecular formula is C25H24N4O3S2. The Balaban J connectivity index is 1.39. The number of methoxy groups -OCH3 is 1. The van der Waals surface area contributed by atoms with Crippen LogP contribution in [0.5, 0.6) is 11.5 Å². The molecule has 7 nitrogen and oxygen atoms in total. The number of nitrogens with zero attached hydrogens (tertiary/aromatic N) is 3. The van der Waals surface area contributed by atoms with Crippen molar-refractivity contribution in [3.63, 3.8) is 0 Å². The molecule has 174 valence electrons. The van der Waals surface area contributed by atoms with Crippen LogP contribution in [0.2, 0.25) is 0 Å². The van der Waals surface area contributed by atoms with Crippen LogP contribution in [0.4, 0.5) is 5.69 Å². The predicted octanol–water partition coefficient (Wildman–Crippen LogP) is 5.71. The first-order chi connectivity index (χ1) is 16.6. The first kappa shape index (κ1) is 23.7. The van der Waals surface area contributed by atoms with E-state index in [9.17, 15) is 4.79 Å². The van der Waals surface area contributed by atoms with Gasteiger partial charge in [0.1, 0.15) is 27.2 Å². The fraction of sp³-hybridized carbons (Fsp3) is 0.200. The molecule has 1 N–H and O–H groups in total. The number of carbonyl (C=O) groups excluding carboxylic acids is 1. The van der Waals surface area contributed by atoms with E-state index in [-0.39, 0.29) is 11.7 Å². The highest BCUT2D eigenvalue weighted by Gasteiger charge is 2.14. The lowest BCUT2D eigenvalue weighted by Gasteiger charge is -2.10. The molecule has 0 aliphatic heterocycles. The van der Waals surface area contributed by atoms with Crippen LogP contribution < -0.4 is 14.8 Å². The van der Waals surface area contributed by atoms with Gasteiger partial charge < -0.3 is 14.8 Å². The third-order valence-electron chi connectivity index (χ3n) is 4.82. The van der Waals surface area contributed by atoms with Gasteiger partial charge in [-0.1, -0.05) is 23.9 Å². The van der Waals surface area contributed by atoms with Crippen LogP contribution in [-0.4, -0.2) is 40.6 Å². The number of hydrogen-bond acceptors (Lipinski definition) is 8. The van der Waals surface area contributed by atoms with Gasteiger partial charge in [0.25, 0.3) is 0 Å². The maximum atomic E-state index is 12.4. The molecule has 0 bridgehead atoms. The second-order valence-corrected chi connectivity index (χ2v) is 9.18. The zero-order valence-electron chi connectivity index (χ0n) is 19.1. The van der Waals surface area contributed by atoms with Crippen LogP contribution in [0.25, 0.3) is 21.1 Å². The second kappa shape index (κ2) is 11.1. The Hall–Kier alpha value is -3.43. The van der Waals surface area contributed by atoms with Crippen molar-refractivity contribution in [3.8, 4) is 32.6 Å². The number of benzene rings is 2. The van der Waals surface area contributed by atoms with Crippen molar-refractivity contribution in [2.24, 2.45) is 0 Å². The number of thioether (sulfide) groups is 1. The zero-order chi connectivity index (χ0) is 23.9. The van der Waals surface area contributed by atoms with Crippen molar-refractivity contribution < 1.29 is 14.3 Å². The molecule has 0 unspecified atom stereocenters. The number of thiazole rings is 1. The van der Waals surface area contributed by atoms with Gasteiger partial charge in [-0.05, 0) is 62.4 Å². The quantitative estimate of drug-likeness (QED) is 0.299. The van der Waals surface area contributed by atoms with Gasteiger partial charge in [-0.15, -0.1) is 21.5 Å². The Bertz CT molecular complexity index is 1260. The SMILES string of the molecule is CCOc1ccccc1NC(=O)CSc1ccc(-c2sc(-c3ccc(OC)cc3)nc2C)nn1. The van der Waals surface area contributed by atoms with Gasteiger partial charge in [0.05, 0.1) is 35.7 Å². The lowest BCUT2D eigenvalue weighted by molar-refractivity contribution is -0.113. The first-order valence-electron chi connectivity index (χ1n) is 10.7. The summed E-state index contributed by atoms with van der Waals surface area (Å²) in [6.07, 6.45) is 0. The van der Waals surface area contributed by atoms with Crippen LogP contribution >= 0.6 is 23.1 Å². The molecule has 2 heterocycles. The van der Waals surface area contributed by atoms with E-state index in [0.717, 1.165) is 32.6 Å². The minimum atomic E-state index is -0.134. The summed E-state index contributed by atoms with van der Waals surface area (Å²) in [5.41, 5.74) is 3.34. The number of hydrogen-bond donors (Lipinski definition) is 1. The molecule has 0 radical (unpaired) electrons. The van der Waals surface area contributed by atoms with E-state index in [1.165, 1.54) is 11.8 Å². The lowest BCUT2D eigenvalue weighted by Crippen LogP contribution is -2.15. The van der Waals surface area contributed by atoms with Gasteiger partial charge in [0, 0.05) is 5.56 Å². The van der Waals surface area contributed by atoms with Crippen LogP contribution in [0.1, 0.15) is 12.6 Å². The number of ether oxygens (including phenoxy) is 2. The summed E-state index contributed by atoms with van der Waals surface area (Å²) in [6.45, 7) is 4.41. The predicted molar refractivity (Wildman–Crippen MR) is 137 cm³/mol. The Labute approximate surface area is 206 Å². The second-order valence-electron chi connectivity index (χ2n) is 7.18. The average molecular weight is 493 g/mol. The lowest BCUT2D eigenvalue weighted by atomic mass is 10.2. The molecule has 0 aliphatic rings. The summed E-state index contributed by atoms with van der Waals surface area (Å²) in [6, 6.07) is 19.0. The molecule has 0 atom stereocenters. The van der Waals surface area contributed by atoms with E-state index in [1.807, 2.05) is 74.5 Å². The molecule has 0 saturated heterocycles. The summed E-state index contributed by atoms with van der Waals surface area (Å²) in [5.74, 6) is 1.55. The molecule has 9 heteroatoms. The van der Waals surface area contributed by atoms with E-state index in [0.29, 0.717) is 23.1 Å². The molecule has 2 aromatic carbocycles. The van der Waals surface area contributed by atoms with Gasteiger partial charge in [-0.3, -0.25) is 4.79 Å². The van der Waals surface area contributed by atoms with Crippen LogP contribution in [-0.2, 0) is 4.79 Å². The topological polar surface area (TPSA) is 86.2 Å². The number of anilines is 1. The largest absolute Gasteiger partial charge is 0.497 e. The highest BCUT2D eigenvalue weighted by Crippen LogP contribution is 2.35. The highest BCUT2D eigenvalue weighted by atomic mass is 32.2. The normalized spacial score (nSPS) is 10.7. The van der Waals surface area contributed by atoms with Gasteiger partial charge >= 0.3 is 0 Å². The molecule has 34 heavy (non-hydrogen) atoms. The average Bonchev–Trinajstić information content (AvgIpc) is 3.26. The molecule has 0 spiro atoms. The van der Waals surface area contributed by atoms with Crippen molar-refractivity contribution in [2.75, 3.05) is 24.8 Å². The molecule has 0 fully saturated rings. The fourth-order valence-electron chi connectivity index (χ4n) is 3.19. The molecule has 2 aromatic heterocycles. The monoisotopic (exact) mass is 492 g/mol. The number of aromatic nitrogens is 3. The van der Waals surface area contributed by atoms with Gasteiger partial charge in [-0.25, -0.2) is 4.98 Å². The summed E-state index contributed by atoms with van der Waals surface area (Å²) in [7, 11) is 1.65.